The number of aromatic carboxylic acids is 1. The van der Waals surface area contributed by atoms with Crippen LogP contribution in [0.1, 0.15) is 79.3 Å². The third-order valence-corrected chi connectivity index (χ3v) is 4.24. The van der Waals surface area contributed by atoms with Crippen molar-refractivity contribution in [2.75, 3.05) is 0 Å². The van der Waals surface area contributed by atoms with Crippen LogP contribution in [0.4, 0.5) is 0 Å². The fourth-order valence-corrected chi connectivity index (χ4v) is 3.26. The van der Waals surface area contributed by atoms with E-state index in [1.54, 1.807) is 6.07 Å². The third-order valence-electron chi connectivity index (χ3n) is 4.24. The summed E-state index contributed by atoms with van der Waals surface area (Å²) in [4.78, 5) is 11.5. The van der Waals surface area contributed by atoms with E-state index in [1.807, 2.05) is 6.07 Å². The lowest BCUT2D eigenvalue weighted by molar-refractivity contribution is 0.0694. The van der Waals surface area contributed by atoms with Gasteiger partial charge >= 0.3 is 5.97 Å². The van der Waals surface area contributed by atoms with Crippen LogP contribution < -0.4 is 0 Å². The Morgan fingerprint density at radius 3 is 2.63 bits per heavy atom. The van der Waals surface area contributed by atoms with Gasteiger partial charge in [-0.1, -0.05) is 44.7 Å². The summed E-state index contributed by atoms with van der Waals surface area (Å²) >= 11 is 0. The second kappa shape index (κ2) is 6.74. The smallest absolute Gasteiger partial charge is 0.335 e. The second-order valence-electron chi connectivity index (χ2n) is 5.62. The first kappa shape index (κ1) is 14.1. The van der Waals surface area contributed by atoms with Gasteiger partial charge in [0.25, 0.3) is 0 Å². The van der Waals surface area contributed by atoms with Gasteiger partial charge in [0, 0.05) is 0 Å². The van der Waals surface area contributed by atoms with E-state index in [2.05, 4.69) is 13.0 Å². The van der Waals surface area contributed by atoms with Crippen LogP contribution in [0.25, 0.3) is 0 Å². The Kier molecular flexibility index (Phi) is 5.00. The molecule has 1 aliphatic carbocycles. The van der Waals surface area contributed by atoms with Gasteiger partial charge in [0.1, 0.15) is 0 Å². The highest BCUT2D eigenvalue weighted by molar-refractivity contribution is 5.90. The van der Waals surface area contributed by atoms with Crippen LogP contribution in [0.15, 0.2) is 18.2 Å². The van der Waals surface area contributed by atoms with E-state index in [-0.39, 0.29) is 0 Å². The van der Waals surface area contributed by atoms with E-state index >= 15 is 0 Å². The molecule has 0 atom stereocenters. The molecular weight excluding hydrogens is 236 g/mol. The molecule has 19 heavy (non-hydrogen) atoms. The molecule has 0 saturated heterocycles. The van der Waals surface area contributed by atoms with Crippen LogP contribution in [0, 0.1) is 0 Å². The Labute approximate surface area is 115 Å². The monoisotopic (exact) mass is 260 g/mol. The van der Waals surface area contributed by atoms with E-state index in [4.69, 9.17) is 0 Å². The first-order chi connectivity index (χ1) is 9.24. The number of unbranched alkanes of at least 4 members (excludes halogenated alkanes) is 1. The van der Waals surface area contributed by atoms with E-state index in [9.17, 15) is 9.90 Å². The average molecular weight is 260 g/mol. The second-order valence-corrected chi connectivity index (χ2v) is 5.62. The molecule has 2 rings (SSSR count). The number of hydrogen-bond donors (Lipinski definition) is 1. The molecule has 1 aromatic rings. The molecule has 0 spiro atoms. The number of benzene rings is 1. The summed E-state index contributed by atoms with van der Waals surface area (Å²) in [6.07, 6.45) is 9.41. The Morgan fingerprint density at radius 1 is 1.26 bits per heavy atom. The SMILES string of the molecule is CCCCc1cccc(C(=O)O)c1C1CCCCC1. The zero-order valence-corrected chi connectivity index (χ0v) is 11.8. The number of carbonyl (C=O) groups is 1. The molecule has 1 N–H and O–H groups in total. The van der Waals surface area contributed by atoms with Crippen molar-refractivity contribution in [1.29, 1.82) is 0 Å². The molecule has 1 fully saturated rings. The minimum atomic E-state index is -0.765. The maximum atomic E-state index is 11.5. The summed E-state index contributed by atoms with van der Waals surface area (Å²) in [5, 5.41) is 9.45. The van der Waals surface area contributed by atoms with Gasteiger partial charge < -0.3 is 5.11 Å². The van der Waals surface area contributed by atoms with Crippen molar-refractivity contribution < 1.29 is 9.90 Å². The van der Waals surface area contributed by atoms with Crippen LogP contribution >= 0.6 is 0 Å². The average Bonchev–Trinajstić information content (AvgIpc) is 2.45. The molecule has 0 radical (unpaired) electrons. The summed E-state index contributed by atoms with van der Waals surface area (Å²) in [6.45, 7) is 2.18. The maximum absolute atomic E-state index is 11.5. The van der Waals surface area contributed by atoms with Gasteiger partial charge in [-0.15, -0.1) is 0 Å². The van der Waals surface area contributed by atoms with Crippen LogP contribution in [-0.4, -0.2) is 11.1 Å². The van der Waals surface area contributed by atoms with Crippen LogP contribution in [0.2, 0.25) is 0 Å². The summed E-state index contributed by atoms with van der Waals surface area (Å²) in [5.74, 6) is -0.299. The van der Waals surface area contributed by atoms with Crippen molar-refractivity contribution >= 4 is 5.97 Å². The molecule has 2 nitrogen and oxygen atoms in total. The number of hydrogen-bond acceptors (Lipinski definition) is 1. The lowest BCUT2D eigenvalue weighted by atomic mass is 9.79. The van der Waals surface area contributed by atoms with Crippen molar-refractivity contribution in [3.8, 4) is 0 Å². The maximum Gasteiger partial charge on any atom is 0.335 e. The van der Waals surface area contributed by atoms with Gasteiger partial charge in [0.15, 0.2) is 0 Å². The van der Waals surface area contributed by atoms with Crippen LogP contribution in [0.5, 0.6) is 0 Å². The first-order valence-electron chi connectivity index (χ1n) is 7.59. The normalized spacial score (nSPS) is 16.5. The highest BCUT2D eigenvalue weighted by Crippen LogP contribution is 2.37. The van der Waals surface area contributed by atoms with E-state index < -0.39 is 5.97 Å². The zero-order valence-electron chi connectivity index (χ0n) is 11.8. The fraction of sp³-hybridized carbons (Fsp3) is 0.588. The Bertz CT molecular complexity index is 431. The van der Waals surface area contributed by atoms with E-state index in [1.165, 1.54) is 24.8 Å². The number of aryl methyl sites for hydroxylation is 1. The van der Waals surface area contributed by atoms with Crippen molar-refractivity contribution in [3.63, 3.8) is 0 Å². The Morgan fingerprint density at radius 2 is 2.00 bits per heavy atom. The van der Waals surface area contributed by atoms with Crippen molar-refractivity contribution in [3.05, 3.63) is 34.9 Å². The van der Waals surface area contributed by atoms with Gasteiger partial charge in [-0.2, -0.15) is 0 Å². The molecule has 1 aromatic carbocycles. The molecule has 2 heteroatoms. The summed E-state index contributed by atoms with van der Waals surface area (Å²) < 4.78 is 0. The molecule has 0 heterocycles. The molecule has 0 amide bonds. The summed E-state index contributed by atoms with van der Waals surface area (Å²) in [5.41, 5.74) is 2.96. The zero-order chi connectivity index (χ0) is 13.7. The molecular formula is C17H24O2. The summed E-state index contributed by atoms with van der Waals surface area (Å²) in [6, 6.07) is 5.81. The van der Waals surface area contributed by atoms with Gasteiger partial charge in [-0.05, 0) is 48.8 Å². The van der Waals surface area contributed by atoms with Gasteiger partial charge in [-0.25, -0.2) is 4.79 Å². The van der Waals surface area contributed by atoms with Crippen molar-refractivity contribution in [2.45, 2.75) is 64.2 Å². The number of carboxylic acids is 1. The number of rotatable bonds is 5. The molecule has 0 bridgehead atoms. The predicted molar refractivity (Wildman–Crippen MR) is 77.8 cm³/mol. The molecule has 0 unspecified atom stereocenters. The predicted octanol–water partition coefficient (Wildman–Crippen LogP) is 4.78. The highest BCUT2D eigenvalue weighted by atomic mass is 16.4. The Balaban J connectivity index is 2.36. The van der Waals surface area contributed by atoms with Crippen molar-refractivity contribution in [2.24, 2.45) is 0 Å². The third kappa shape index (κ3) is 3.37. The first-order valence-corrected chi connectivity index (χ1v) is 7.59. The van der Waals surface area contributed by atoms with Gasteiger partial charge in [0.2, 0.25) is 0 Å². The van der Waals surface area contributed by atoms with E-state index in [0.29, 0.717) is 11.5 Å². The van der Waals surface area contributed by atoms with Crippen LogP contribution in [-0.2, 0) is 6.42 Å². The molecule has 0 aliphatic heterocycles. The van der Waals surface area contributed by atoms with E-state index in [0.717, 1.165) is 37.7 Å². The van der Waals surface area contributed by atoms with Gasteiger partial charge in [-0.3, -0.25) is 0 Å². The minimum Gasteiger partial charge on any atom is -0.478 e. The van der Waals surface area contributed by atoms with Gasteiger partial charge in [0.05, 0.1) is 5.56 Å². The molecule has 0 aromatic heterocycles. The largest absolute Gasteiger partial charge is 0.478 e. The Hall–Kier alpha value is -1.31. The summed E-state index contributed by atoms with van der Waals surface area (Å²) in [7, 11) is 0. The topological polar surface area (TPSA) is 37.3 Å². The fourth-order valence-electron chi connectivity index (χ4n) is 3.26. The number of carboxylic acid groups (broad SMARTS) is 1. The van der Waals surface area contributed by atoms with Crippen LogP contribution in [0.3, 0.4) is 0 Å². The lowest BCUT2D eigenvalue weighted by Crippen LogP contribution is -2.13. The quantitative estimate of drug-likeness (QED) is 0.827. The molecule has 104 valence electrons. The van der Waals surface area contributed by atoms with Crippen molar-refractivity contribution in [1.82, 2.24) is 0 Å². The standard InChI is InChI=1S/C17H24O2/c1-2-3-8-13-11-7-12-15(17(18)19)16(13)14-9-5-4-6-10-14/h7,11-12,14H,2-6,8-10H2,1H3,(H,18,19). The molecule has 1 saturated carbocycles. The molecule has 1 aliphatic rings. The highest BCUT2D eigenvalue weighted by Gasteiger charge is 2.23. The minimum absolute atomic E-state index is 0.466. The lowest BCUT2D eigenvalue weighted by Gasteiger charge is -2.26.